The third-order valence-corrected chi connectivity index (χ3v) is 12.3. The van der Waals surface area contributed by atoms with E-state index < -0.39 is 89.7 Å². The van der Waals surface area contributed by atoms with Gasteiger partial charge >= 0.3 is 11.9 Å². The fraction of sp³-hybridized carbons (Fsp3) is 0.489. The van der Waals surface area contributed by atoms with Crippen LogP contribution in [0.15, 0.2) is 91.2 Å². The summed E-state index contributed by atoms with van der Waals surface area (Å²) in [7, 11) is 0. The number of fused-ring (bicyclic) bond motifs is 4. The van der Waals surface area contributed by atoms with Gasteiger partial charge in [0, 0.05) is 30.5 Å². The Labute approximate surface area is 360 Å². The lowest BCUT2D eigenvalue weighted by Gasteiger charge is -2.50. The Morgan fingerprint density at radius 3 is 2.31 bits per heavy atom. The van der Waals surface area contributed by atoms with E-state index in [9.17, 15) is 24.6 Å². The van der Waals surface area contributed by atoms with E-state index in [1.165, 1.54) is 16.2 Å². The summed E-state index contributed by atoms with van der Waals surface area (Å²) in [4.78, 5) is 65.3. The molecule has 2 bridgehead atoms. The number of benzene rings is 3. The molecule has 330 valence electrons. The Bertz CT molecular complexity index is 2090. The molecule has 15 nitrogen and oxygen atoms in total. The number of esters is 2. The van der Waals surface area contributed by atoms with Crippen LogP contribution in [0.4, 0.5) is 0 Å². The van der Waals surface area contributed by atoms with Crippen LogP contribution in [0.3, 0.4) is 0 Å². The van der Waals surface area contributed by atoms with Gasteiger partial charge in [0.05, 0.1) is 32.1 Å². The minimum Gasteiger partial charge on any atom is -0.499 e. The van der Waals surface area contributed by atoms with Crippen molar-refractivity contribution < 1.29 is 57.9 Å². The normalized spacial score (nSPS) is 28.0. The largest absolute Gasteiger partial charge is 0.499 e. The van der Waals surface area contributed by atoms with Gasteiger partial charge in [-0.2, -0.15) is 5.06 Å². The lowest BCUT2D eigenvalue weighted by Crippen LogP contribution is -2.70. The van der Waals surface area contributed by atoms with E-state index in [1.807, 2.05) is 84.9 Å². The number of aliphatic hydroxyl groups excluding tert-OH is 2. The van der Waals surface area contributed by atoms with E-state index in [4.69, 9.17) is 28.5 Å². The van der Waals surface area contributed by atoms with Gasteiger partial charge in [-0.1, -0.05) is 84.9 Å². The molecular weight excluding hydrogens is 799 g/mol. The molecule has 4 saturated heterocycles. The topological polar surface area (TPSA) is 183 Å². The monoisotopic (exact) mass is 853 g/mol. The quantitative estimate of drug-likeness (QED) is 0.114. The van der Waals surface area contributed by atoms with Crippen LogP contribution < -0.4 is 5.32 Å². The van der Waals surface area contributed by atoms with E-state index in [2.05, 4.69) is 5.32 Å². The molecule has 3 aromatic rings. The molecule has 0 radical (unpaired) electrons. The zero-order valence-corrected chi connectivity index (χ0v) is 35.2. The molecule has 3 aromatic carbocycles. The Morgan fingerprint density at radius 1 is 0.952 bits per heavy atom. The molecular formula is C47H55N3O12. The lowest BCUT2D eigenvalue weighted by atomic mass is 9.62. The maximum Gasteiger partial charge on any atom is 0.327 e. The molecule has 8 rings (SSSR count). The van der Waals surface area contributed by atoms with Gasteiger partial charge in [0.2, 0.25) is 17.6 Å². The number of nitrogens with one attached hydrogen (secondary N) is 1. The zero-order valence-electron chi connectivity index (χ0n) is 35.2. The molecule has 4 aliphatic heterocycles. The molecule has 3 N–H and O–H groups in total. The molecule has 5 aliphatic rings. The summed E-state index contributed by atoms with van der Waals surface area (Å²) in [5, 5.41) is 23.8. The molecule has 15 heteroatoms. The number of carbonyl (C=O) groups excluding carboxylic acids is 4. The van der Waals surface area contributed by atoms with Crippen LogP contribution in [0.2, 0.25) is 0 Å². The summed E-state index contributed by atoms with van der Waals surface area (Å²) in [6.07, 6.45) is 0.564. The van der Waals surface area contributed by atoms with E-state index >= 15 is 4.79 Å². The number of aliphatic hydroxyl groups is 2. The number of hydrogen-bond acceptors (Lipinski definition) is 13. The van der Waals surface area contributed by atoms with Gasteiger partial charge in [-0.3, -0.25) is 24.0 Å². The summed E-state index contributed by atoms with van der Waals surface area (Å²) in [6.45, 7) is 5.16. The van der Waals surface area contributed by atoms with Crippen molar-refractivity contribution in [3.05, 3.63) is 113 Å². The summed E-state index contributed by atoms with van der Waals surface area (Å²) in [6, 6.07) is 23.6. The molecule has 5 fully saturated rings. The van der Waals surface area contributed by atoms with Gasteiger partial charge in [0.15, 0.2) is 6.04 Å². The smallest absolute Gasteiger partial charge is 0.327 e. The second-order valence-corrected chi connectivity index (χ2v) is 17.5. The molecule has 8 atom stereocenters. The van der Waals surface area contributed by atoms with Crippen molar-refractivity contribution >= 4 is 29.8 Å². The molecule has 1 saturated carbocycles. The van der Waals surface area contributed by atoms with Crippen molar-refractivity contribution in [3.8, 4) is 0 Å². The van der Waals surface area contributed by atoms with E-state index in [1.54, 1.807) is 26.8 Å². The summed E-state index contributed by atoms with van der Waals surface area (Å²) in [5.74, 6) is -3.46. The highest BCUT2D eigenvalue weighted by Crippen LogP contribution is 2.60. The van der Waals surface area contributed by atoms with Gasteiger partial charge in [0.1, 0.15) is 48.1 Å². The van der Waals surface area contributed by atoms with E-state index in [0.29, 0.717) is 24.0 Å². The molecule has 62 heavy (non-hydrogen) atoms. The molecule has 0 aromatic heterocycles. The fourth-order valence-corrected chi connectivity index (χ4v) is 9.66. The van der Waals surface area contributed by atoms with E-state index in [0.717, 1.165) is 11.1 Å². The van der Waals surface area contributed by atoms with Gasteiger partial charge in [-0.25, -0.2) is 0 Å². The minimum atomic E-state index is -1.57. The number of hydrogen-bond donors (Lipinski definition) is 3. The summed E-state index contributed by atoms with van der Waals surface area (Å²) in [5.41, 5.74) is 0.683. The third kappa shape index (κ3) is 8.25. The molecule has 4 heterocycles. The number of amides is 2. The number of hydroxylamine groups is 2. The maximum absolute atomic E-state index is 15.7. The van der Waals surface area contributed by atoms with Gasteiger partial charge in [-0.05, 0) is 57.2 Å². The lowest BCUT2D eigenvalue weighted by molar-refractivity contribution is -0.214. The summed E-state index contributed by atoms with van der Waals surface area (Å²) >= 11 is 0. The Kier molecular flexibility index (Phi) is 12.6. The number of ether oxygens (including phenoxy) is 5. The van der Waals surface area contributed by atoms with Crippen LogP contribution in [-0.2, 0) is 60.0 Å². The van der Waals surface area contributed by atoms with Crippen molar-refractivity contribution in [2.45, 2.75) is 113 Å². The first-order valence-corrected chi connectivity index (χ1v) is 21.4. The fourth-order valence-electron chi connectivity index (χ4n) is 9.66. The zero-order chi connectivity index (χ0) is 43.6. The van der Waals surface area contributed by atoms with Crippen LogP contribution in [0.5, 0.6) is 0 Å². The predicted molar refractivity (Wildman–Crippen MR) is 222 cm³/mol. The number of rotatable bonds is 15. The van der Waals surface area contributed by atoms with Gasteiger partial charge < -0.3 is 44.1 Å². The van der Waals surface area contributed by atoms with Crippen LogP contribution in [-0.4, -0.2) is 118 Å². The highest BCUT2D eigenvalue weighted by atomic mass is 16.8. The van der Waals surface area contributed by atoms with Gasteiger partial charge in [0.25, 0.3) is 0 Å². The second kappa shape index (κ2) is 17.9. The Balaban J connectivity index is 1.14. The van der Waals surface area contributed by atoms with Crippen molar-refractivity contribution in [3.63, 3.8) is 0 Å². The van der Waals surface area contributed by atoms with Crippen LogP contribution in [0, 0.1) is 5.41 Å². The average molecular weight is 854 g/mol. The van der Waals surface area contributed by atoms with Crippen molar-refractivity contribution in [1.29, 1.82) is 0 Å². The number of carbonyl (C=O) groups is 4. The first-order chi connectivity index (χ1) is 29.9. The predicted octanol–water partition coefficient (Wildman–Crippen LogP) is 3.74. The maximum atomic E-state index is 15.7. The number of likely N-dealkylation sites (tertiary alicyclic amines) is 1. The van der Waals surface area contributed by atoms with Crippen molar-refractivity contribution in [2.24, 2.45) is 5.41 Å². The average Bonchev–Trinajstić information content (AvgIpc) is 4.01. The van der Waals surface area contributed by atoms with Crippen LogP contribution in [0.1, 0.15) is 75.1 Å². The standard InChI is InChI=1S/C47H55N3O12/c1-45(2,3)59-37(53)21-20-34(29-52)48-42(54)35-19-12-23-49(35)44(56)46-27-36-38-39(61-47(60-38,32-15-6-4-7-16-32)33-17-8-5-9-18-33)41(46)62-50(40(46)43(55)58-36)28-31-14-11-10-13-30(31)22-25-57-26-24-51/h4-11,13-18,22,25,34-36,38-41,51-52H,12,19-21,23-24,26-29H2,1-3H3,(H,48,54). The molecule has 1 aliphatic carbocycles. The summed E-state index contributed by atoms with van der Waals surface area (Å²) < 4.78 is 31.2. The van der Waals surface area contributed by atoms with Crippen molar-refractivity contribution in [1.82, 2.24) is 15.3 Å². The SMILES string of the molecule is CC(C)(C)OC(=O)CCC(CO)NC(=O)C1CCCN1C(=O)C12CC3OC(=O)C1N(Cc1ccccc1C=COCCO)OC2C1OC(c2ccccc2)(c2ccccc2)OC31. The molecule has 0 spiro atoms. The molecule has 2 amide bonds. The second-order valence-electron chi connectivity index (χ2n) is 17.5. The Morgan fingerprint density at radius 2 is 1.63 bits per heavy atom. The molecule has 8 unspecified atom stereocenters. The van der Waals surface area contributed by atoms with Crippen molar-refractivity contribution in [2.75, 3.05) is 26.4 Å². The van der Waals surface area contributed by atoms with Crippen LogP contribution in [0.25, 0.3) is 6.08 Å². The Hall–Kier alpha value is -5.16. The highest BCUT2D eigenvalue weighted by molar-refractivity contribution is 5.96. The van der Waals surface area contributed by atoms with Crippen LogP contribution >= 0.6 is 0 Å². The number of nitrogens with zero attached hydrogens (tertiary/aromatic N) is 2. The minimum absolute atomic E-state index is 0.0219. The third-order valence-electron chi connectivity index (χ3n) is 12.3. The first-order valence-electron chi connectivity index (χ1n) is 21.4. The highest BCUT2D eigenvalue weighted by Gasteiger charge is 2.77. The van der Waals surface area contributed by atoms with E-state index in [-0.39, 0.29) is 45.6 Å². The first kappa shape index (κ1) is 43.5. The van der Waals surface area contributed by atoms with Gasteiger partial charge in [-0.15, -0.1) is 0 Å².